The molecule has 5 heteroatoms. The van der Waals surface area contributed by atoms with Crippen LogP contribution in [0.3, 0.4) is 0 Å². The van der Waals surface area contributed by atoms with E-state index in [0.717, 1.165) is 43.8 Å². The van der Waals surface area contributed by atoms with Gasteiger partial charge in [0.25, 0.3) is 0 Å². The van der Waals surface area contributed by atoms with Crippen molar-refractivity contribution in [3.05, 3.63) is 12.3 Å². The Morgan fingerprint density at radius 2 is 2.38 bits per heavy atom. The summed E-state index contributed by atoms with van der Waals surface area (Å²) in [5, 5.41) is 11.1. The van der Waals surface area contributed by atoms with Crippen LogP contribution in [0.15, 0.2) is 12.3 Å². The zero-order valence-corrected chi connectivity index (χ0v) is 9.39. The molecule has 5 nitrogen and oxygen atoms in total. The predicted molar refractivity (Wildman–Crippen MR) is 63.3 cm³/mol. The second-order valence-electron chi connectivity index (χ2n) is 4.85. The first-order valence-electron chi connectivity index (χ1n) is 6.06. The van der Waals surface area contributed by atoms with Gasteiger partial charge >= 0.3 is 0 Å². The number of nitrogens with one attached hydrogen (secondary N) is 2. The molecule has 2 atom stereocenters. The number of nitrogens with two attached hydrogens (primary N) is 1. The quantitative estimate of drug-likeness (QED) is 0.656. The minimum atomic E-state index is 0.530. The summed E-state index contributed by atoms with van der Waals surface area (Å²) in [4.78, 5) is 0. The Balaban J connectivity index is 1.55. The highest BCUT2D eigenvalue weighted by Crippen LogP contribution is 2.37. The largest absolute Gasteiger partial charge is 0.370 e. The molecule has 0 bridgehead atoms. The van der Waals surface area contributed by atoms with Crippen LogP contribution in [0.25, 0.3) is 0 Å². The Kier molecular flexibility index (Phi) is 2.57. The molecule has 1 aromatic rings. The molecule has 88 valence electrons. The van der Waals surface area contributed by atoms with Crippen molar-refractivity contribution in [2.45, 2.75) is 12.5 Å². The average molecular weight is 221 g/mol. The molecule has 2 heterocycles. The van der Waals surface area contributed by atoms with Crippen molar-refractivity contribution in [3.8, 4) is 0 Å². The van der Waals surface area contributed by atoms with E-state index in [1.807, 2.05) is 6.20 Å². The second kappa shape index (κ2) is 4.07. The second-order valence-corrected chi connectivity index (χ2v) is 4.85. The number of anilines is 1. The van der Waals surface area contributed by atoms with E-state index in [4.69, 9.17) is 5.73 Å². The Morgan fingerprint density at radius 1 is 1.50 bits per heavy atom. The van der Waals surface area contributed by atoms with Crippen molar-refractivity contribution < 1.29 is 0 Å². The van der Waals surface area contributed by atoms with Crippen molar-refractivity contribution in [2.24, 2.45) is 17.6 Å². The number of rotatable bonds is 5. The molecule has 0 unspecified atom stereocenters. The summed E-state index contributed by atoms with van der Waals surface area (Å²) in [5.41, 5.74) is 5.63. The van der Waals surface area contributed by atoms with Gasteiger partial charge in [0, 0.05) is 25.7 Å². The van der Waals surface area contributed by atoms with Crippen molar-refractivity contribution in [1.29, 1.82) is 0 Å². The van der Waals surface area contributed by atoms with Gasteiger partial charge in [0.2, 0.25) is 0 Å². The van der Waals surface area contributed by atoms with Gasteiger partial charge in [-0.05, 0) is 24.8 Å². The van der Waals surface area contributed by atoms with Gasteiger partial charge in [-0.2, -0.15) is 5.10 Å². The van der Waals surface area contributed by atoms with Crippen molar-refractivity contribution in [3.63, 3.8) is 0 Å². The minimum Gasteiger partial charge on any atom is -0.370 e. The molecule has 0 radical (unpaired) electrons. The number of nitrogens with zero attached hydrogens (tertiary/aromatic N) is 2. The van der Waals surface area contributed by atoms with Crippen LogP contribution in [0.4, 0.5) is 5.82 Å². The number of hydrogen-bond acceptors (Lipinski definition) is 4. The molecular formula is C11H19N5. The van der Waals surface area contributed by atoms with Gasteiger partial charge in [0.05, 0.1) is 12.2 Å². The van der Waals surface area contributed by atoms with E-state index in [-0.39, 0.29) is 0 Å². The SMILES string of the molecule is NC[C@H]1C[C@H]1CNc1ccnn1C1CNC1. The highest BCUT2D eigenvalue weighted by Gasteiger charge is 2.35. The van der Waals surface area contributed by atoms with Crippen LogP contribution in [-0.4, -0.2) is 36.0 Å². The normalized spacial score (nSPS) is 28.8. The van der Waals surface area contributed by atoms with Gasteiger partial charge in [-0.25, -0.2) is 4.68 Å². The van der Waals surface area contributed by atoms with Crippen molar-refractivity contribution in [1.82, 2.24) is 15.1 Å². The van der Waals surface area contributed by atoms with Gasteiger partial charge in [-0.15, -0.1) is 0 Å². The first-order valence-corrected chi connectivity index (χ1v) is 6.06. The van der Waals surface area contributed by atoms with E-state index in [9.17, 15) is 0 Å². The van der Waals surface area contributed by atoms with E-state index in [2.05, 4.69) is 26.5 Å². The van der Waals surface area contributed by atoms with E-state index >= 15 is 0 Å². The third-order valence-corrected chi connectivity index (χ3v) is 3.69. The molecule has 0 aromatic carbocycles. The van der Waals surface area contributed by atoms with E-state index < -0.39 is 0 Å². The van der Waals surface area contributed by atoms with Gasteiger partial charge in [0.15, 0.2) is 0 Å². The van der Waals surface area contributed by atoms with Crippen LogP contribution in [0.2, 0.25) is 0 Å². The fourth-order valence-electron chi connectivity index (χ4n) is 2.28. The Labute approximate surface area is 95.4 Å². The summed E-state index contributed by atoms with van der Waals surface area (Å²) in [6.45, 7) is 3.93. The van der Waals surface area contributed by atoms with Crippen LogP contribution in [0.5, 0.6) is 0 Å². The molecule has 2 fully saturated rings. The summed E-state index contributed by atoms with van der Waals surface area (Å²) in [5.74, 6) is 2.66. The van der Waals surface area contributed by atoms with Crippen molar-refractivity contribution in [2.75, 3.05) is 31.5 Å². The molecule has 1 aliphatic heterocycles. The summed E-state index contributed by atoms with van der Waals surface area (Å²) < 4.78 is 2.09. The Bertz CT molecular complexity index is 357. The van der Waals surface area contributed by atoms with Gasteiger partial charge in [-0.1, -0.05) is 0 Å². The maximum atomic E-state index is 5.63. The van der Waals surface area contributed by atoms with E-state index in [1.165, 1.54) is 6.42 Å². The summed E-state index contributed by atoms with van der Waals surface area (Å²) in [7, 11) is 0. The fraction of sp³-hybridized carbons (Fsp3) is 0.727. The van der Waals surface area contributed by atoms with Gasteiger partial charge in [0.1, 0.15) is 5.82 Å². The maximum Gasteiger partial charge on any atom is 0.124 e. The van der Waals surface area contributed by atoms with E-state index in [0.29, 0.717) is 6.04 Å². The number of hydrogen-bond donors (Lipinski definition) is 3. The number of aromatic nitrogens is 2. The summed E-state index contributed by atoms with van der Waals surface area (Å²) in [6, 6.07) is 2.58. The molecule has 0 amide bonds. The van der Waals surface area contributed by atoms with Crippen LogP contribution < -0.4 is 16.4 Å². The summed E-state index contributed by atoms with van der Waals surface area (Å²) >= 11 is 0. The molecule has 1 aromatic heterocycles. The molecule has 1 aliphatic carbocycles. The molecule has 3 rings (SSSR count). The lowest BCUT2D eigenvalue weighted by Gasteiger charge is -2.28. The highest BCUT2D eigenvalue weighted by atomic mass is 15.4. The standard InChI is InChI=1S/C11H19N5/c12-4-8-3-9(8)5-14-11-1-2-15-16(11)10-6-13-7-10/h1-2,8-10,13-14H,3-7,12H2/t8-,9+/m1/s1. The Hall–Kier alpha value is -1.07. The van der Waals surface area contributed by atoms with E-state index in [1.54, 1.807) is 0 Å². The predicted octanol–water partition coefficient (Wildman–Crippen LogP) is 0.0341. The average Bonchev–Trinajstić information content (AvgIpc) is 2.85. The van der Waals surface area contributed by atoms with Crippen LogP contribution in [0.1, 0.15) is 12.5 Å². The molecule has 0 spiro atoms. The van der Waals surface area contributed by atoms with Crippen LogP contribution >= 0.6 is 0 Å². The van der Waals surface area contributed by atoms with Crippen molar-refractivity contribution >= 4 is 5.82 Å². The topological polar surface area (TPSA) is 67.9 Å². The third-order valence-electron chi connectivity index (χ3n) is 3.69. The first kappa shape index (κ1) is 10.1. The van der Waals surface area contributed by atoms with Gasteiger partial charge in [-0.3, -0.25) is 0 Å². The molecule has 1 saturated heterocycles. The lowest BCUT2D eigenvalue weighted by atomic mass is 10.2. The zero-order chi connectivity index (χ0) is 11.0. The molecule has 4 N–H and O–H groups in total. The smallest absolute Gasteiger partial charge is 0.124 e. The monoisotopic (exact) mass is 221 g/mol. The molecular weight excluding hydrogens is 202 g/mol. The molecule has 2 aliphatic rings. The van der Waals surface area contributed by atoms with Gasteiger partial charge < -0.3 is 16.4 Å². The minimum absolute atomic E-state index is 0.530. The fourth-order valence-corrected chi connectivity index (χ4v) is 2.28. The zero-order valence-electron chi connectivity index (χ0n) is 9.39. The summed E-state index contributed by atoms with van der Waals surface area (Å²) in [6.07, 6.45) is 3.15. The lowest BCUT2D eigenvalue weighted by molar-refractivity contribution is 0.321. The highest BCUT2D eigenvalue weighted by molar-refractivity contribution is 5.35. The lowest BCUT2D eigenvalue weighted by Crippen LogP contribution is -2.44. The third kappa shape index (κ3) is 1.81. The molecule has 16 heavy (non-hydrogen) atoms. The molecule has 1 saturated carbocycles. The Morgan fingerprint density at radius 3 is 3.00 bits per heavy atom. The van der Waals surface area contributed by atoms with Crippen LogP contribution in [0, 0.1) is 11.8 Å². The maximum absolute atomic E-state index is 5.63. The first-order chi connectivity index (χ1) is 7.88. The van der Waals surface area contributed by atoms with Crippen LogP contribution in [-0.2, 0) is 0 Å².